The van der Waals surface area contributed by atoms with Crippen molar-refractivity contribution >= 4 is 38.9 Å². The molecule has 29 heavy (non-hydrogen) atoms. The Hall–Kier alpha value is -2.09. The van der Waals surface area contributed by atoms with E-state index in [1.165, 1.54) is 4.31 Å². The minimum absolute atomic E-state index is 0.0145. The van der Waals surface area contributed by atoms with Crippen molar-refractivity contribution in [1.82, 2.24) is 4.31 Å². The Kier molecular flexibility index (Phi) is 6.82. The number of anilines is 2. The predicted molar refractivity (Wildman–Crippen MR) is 118 cm³/mol. The van der Waals surface area contributed by atoms with Crippen LogP contribution in [0.15, 0.2) is 48.5 Å². The lowest BCUT2D eigenvalue weighted by Crippen LogP contribution is -2.42. The normalized spacial score (nSPS) is 15.8. The number of carbonyl (C=O) groups is 1. The lowest BCUT2D eigenvalue weighted by molar-refractivity contribution is -0.120. The van der Waals surface area contributed by atoms with E-state index in [-0.39, 0.29) is 17.6 Å². The molecular formula is C21H26ClN3O3S. The number of carbonyl (C=O) groups excluding carboxylic acids is 1. The topological polar surface area (TPSA) is 69.7 Å². The van der Waals surface area contributed by atoms with Crippen LogP contribution in [0.25, 0.3) is 0 Å². The summed E-state index contributed by atoms with van der Waals surface area (Å²) in [6.07, 6.45) is 0.995. The van der Waals surface area contributed by atoms with Crippen LogP contribution in [0.4, 0.5) is 11.4 Å². The molecule has 1 saturated heterocycles. The molecular weight excluding hydrogens is 410 g/mol. The Morgan fingerprint density at radius 3 is 2.41 bits per heavy atom. The van der Waals surface area contributed by atoms with E-state index in [4.69, 9.17) is 11.6 Å². The zero-order valence-corrected chi connectivity index (χ0v) is 18.2. The van der Waals surface area contributed by atoms with Gasteiger partial charge >= 0.3 is 0 Å². The molecule has 8 heteroatoms. The average molecular weight is 436 g/mol. The summed E-state index contributed by atoms with van der Waals surface area (Å²) >= 11 is 6.08. The van der Waals surface area contributed by atoms with Crippen LogP contribution in [0.2, 0.25) is 5.02 Å². The molecule has 0 unspecified atom stereocenters. The van der Waals surface area contributed by atoms with Gasteiger partial charge < -0.3 is 10.2 Å². The second-order valence-corrected chi connectivity index (χ2v) is 9.87. The molecule has 6 nitrogen and oxygen atoms in total. The molecule has 1 heterocycles. The minimum atomic E-state index is -3.39. The summed E-state index contributed by atoms with van der Waals surface area (Å²) in [6, 6.07) is 14.5. The maximum absolute atomic E-state index is 12.8. The van der Waals surface area contributed by atoms with E-state index < -0.39 is 10.0 Å². The fourth-order valence-electron chi connectivity index (χ4n) is 3.51. The number of rotatable bonds is 6. The van der Waals surface area contributed by atoms with Crippen LogP contribution in [-0.2, 0) is 20.6 Å². The van der Waals surface area contributed by atoms with Crippen LogP contribution < -0.4 is 10.2 Å². The third-order valence-electron chi connectivity index (χ3n) is 5.11. The molecule has 0 saturated carbocycles. The van der Waals surface area contributed by atoms with Crippen molar-refractivity contribution in [3.8, 4) is 0 Å². The summed E-state index contributed by atoms with van der Waals surface area (Å²) in [4.78, 5) is 14.7. The van der Waals surface area contributed by atoms with Gasteiger partial charge in [0.05, 0.1) is 17.1 Å². The van der Waals surface area contributed by atoms with Gasteiger partial charge in [0.15, 0.2) is 0 Å². The molecule has 2 aromatic rings. The summed E-state index contributed by atoms with van der Waals surface area (Å²) in [5, 5.41) is 3.51. The van der Waals surface area contributed by atoms with Gasteiger partial charge in [0.25, 0.3) is 0 Å². The fraction of sp³-hybridized carbons (Fsp3) is 0.381. The monoisotopic (exact) mass is 435 g/mol. The van der Waals surface area contributed by atoms with Crippen molar-refractivity contribution in [3.05, 3.63) is 59.1 Å². The van der Waals surface area contributed by atoms with Crippen molar-refractivity contribution in [1.29, 1.82) is 0 Å². The highest BCUT2D eigenvalue weighted by Gasteiger charge is 2.31. The summed E-state index contributed by atoms with van der Waals surface area (Å²) in [6.45, 7) is 0.701. The van der Waals surface area contributed by atoms with Gasteiger partial charge in [0, 0.05) is 38.1 Å². The van der Waals surface area contributed by atoms with Crippen LogP contribution in [0, 0.1) is 5.92 Å². The van der Waals surface area contributed by atoms with Crippen molar-refractivity contribution < 1.29 is 13.2 Å². The smallest absolute Gasteiger partial charge is 0.227 e. The first-order valence-electron chi connectivity index (χ1n) is 9.56. The highest BCUT2D eigenvalue weighted by atomic mass is 35.5. The molecule has 1 amide bonds. The number of sulfonamides is 1. The minimum Gasteiger partial charge on any atom is -0.376 e. The molecule has 0 atom stereocenters. The van der Waals surface area contributed by atoms with Gasteiger partial charge in [-0.1, -0.05) is 41.9 Å². The number of piperidine rings is 1. The fourth-order valence-corrected chi connectivity index (χ4v) is 5.24. The molecule has 0 bridgehead atoms. The van der Waals surface area contributed by atoms with E-state index in [2.05, 4.69) is 5.32 Å². The van der Waals surface area contributed by atoms with Crippen LogP contribution in [0.1, 0.15) is 18.4 Å². The van der Waals surface area contributed by atoms with E-state index in [0.717, 1.165) is 11.3 Å². The highest BCUT2D eigenvalue weighted by Crippen LogP contribution is 2.29. The quantitative estimate of drug-likeness (QED) is 0.752. The number of hydrogen-bond acceptors (Lipinski definition) is 4. The zero-order valence-electron chi connectivity index (χ0n) is 16.6. The number of nitrogens with one attached hydrogen (secondary N) is 1. The molecule has 1 fully saturated rings. The van der Waals surface area contributed by atoms with E-state index in [1.54, 1.807) is 12.1 Å². The van der Waals surface area contributed by atoms with Gasteiger partial charge in [0.1, 0.15) is 0 Å². The first kappa shape index (κ1) is 21.6. The average Bonchev–Trinajstić information content (AvgIpc) is 2.68. The number of halogens is 1. The molecule has 2 aromatic carbocycles. The first-order chi connectivity index (χ1) is 13.8. The van der Waals surface area contributed by atoms with E-state index in [9.17, 15) is 13.2 Å². The van der Waals surface area contributed by atoms with Crippen LogP contribution in [0.5, 0.6) is 0 Å². The molecule has 0 spiro atoms. The third-order valence-corrected chi connectivity index (χ3v) is 7.19. The summed E-state index contributed by atoms with van der Waals surface area (Å²) in [5.74, 6) is -0.345. The Morgan fingerprint density at radius 1 is 1.14 bits per heavy atom. The summed E-state index contributed by atoms with van der Waals surface area (Å²) in [5.41, 5.74) is 2.29. The summed E-state index contributed by atoms with van der Waals surface area (Å²) in [7, 11) is 0.405. The van der Waals surface area contributed by atoms with Crippen molar-refractivity contribution in [2.24, 2.45) is 5.92 Å². The largest absolute Gasteiger partial charge is 0.376 e. The van der Waals surface area contributed by atoms with E-state index in [1.807, 2.05) is 55.4 Å². The van der Waals surface area contributed by atoms with Crippen LogP contribution in [0.3, 0.4) is 0 Å². The zero-order chi connectivity index (χ0) is 21.0. The first-order valence-corrected chi connectivity index (χ1v) is 11.5. The van der Waals surface area contributed by atoms with Crippen LogP contribution in [-0.4, -0.2) is 45.8 Å². The maximum Gasteiger partial charge on any atom is 0.227 e. The van der Waals surface area contributed by atoms with E-state index >= 15 is 0 Å². The van der Waals surface area contributed by atoms with Gasteiger partial charge in [-0.05, 0) is 36.6 Å². The standard InChI is InChI=1S/C21H26ClN3O3S/c1-24(2)20-9-8-18(22)14-19(20)23-21(26)17-10-12-25(13-11-17)29(27,28)15-16-6-4-3-5-7-16/h3-9,14,17H,10-13,15H2,1-2H3,(H,23,26). The van der Waals surface area contributed by atoms with Gasteiger partial charge in [-0.3, -0.25) is 4.79 Å². The summed E-state index contributed by atoms with van der Waals surface area (Å²) < 4.78 is 26.9. The Balaban J connectivity index is 1.61. The van der Waals surface area contributed by atoms with Crippen molar-refractivity contribution in [3.63, 3.8) is 0 Å². The molecule has 0 radical (unpaired) electrons. The second-order valence-electron chi connectivity index (χ2n) is 7.46. The molecule has 1 N–H and O–H groups in total. The predicted octanol–water partition coefficient (Wildman–Crippen LogP) is 3.59. The molecule has 1 aliphatic rings. The lowest BCUT2D eigenvalue weighted by Gasteiger charge is -2.31. The third kappa shape index (κ3) is 5.50. The molecule has 0 aliphatic carbocycles. The number of amides is 1. The van der Waals surface area contributed by atoms with Crippen molar-refractivity contribution in [2.75, 3.05) is 37.4 Å². The number of hydrogen-bond donors (Lipinski definition) is 1. The van der Waals surface area contributed by atoms with Crippen LogP contribution >= 0.6 is 11.6 Å². The maximum atomic E-state index is 12.8. The van der Waals surface area contributed by atoms with Gasteiger partial charge in [-0.2, -0.15) is 0 Å². The van der Waals surface area contributed by atoms with Gasteiger partial charge in [-0.15, -0.1) is 0 Å². The molecule has 3 rings (SSSR count). The van der Waals surface area contributed by atoms with Gasteiger partial charge in [0.2, 0.25) is 15.9 Å². The lowest BCUT2D eigenvalue weighted by atomic mass is 9.97. The van der Waals surface area contributed by atoms with E-state index in [0.29, 0.717) is 36.6 Å². The Labute approximate surface area is 177 Å². The Morgan fingerprint density at radius 2 is 1.79 bits per heavy atom. The SMILES string of the molecule is CN(C)c1ccc(Cl)cc1NC(=O)C1CCN(S(=O)(=O)Cc2ccccc2)CC1. The molecule has 1 aliphatic heterocycles. The second kappa shape index (κ2) is 9.15. The molecule has 0 aromatic heterocycles. The highest BCUT2D eigenvalue weighted by molar-refractivity contribution is 7.88. The Bertz CT molecular complexity index is 956. The molecule has 156 valence electrons. The van der Waals surface area contributed by atoms with Crippen molar-refractivity contribution in [2.45, 2.75) is 18.6 Å². The number of benzene rings is 2. The number of nitrogens with zero attached hydrogens (tertiary/aromatic N) is 2. The van der Waals surface area contributed by atoms with Gasteiger partial charge in [-0.25, -0.2) is 12.7 Å².